The molecule has 0 aromatic heterocycles. The molecule has 7 atom stereocenters. The number of amides is 1. The van der Waals surface area contributed by atoms with E-state index >= 15 is 0 Å². The molecule has 266 valence electrons. The molecule has 0 radical (unpaired) electrons. The van der Waals surface area contributed by atoms with Crippen LogP contribution in [0.5, 0.6) is 5.75 Å². The maximum absolute atomic E-state index is 13.9. The van der Waals surface area contributed by atoms with Gasteiger partial charge in [0, 0.05) is 54.2 Å². The number of aryl methyl sites for hydroxylation is 1. The highest BCUT2D eigenvalue weighted by Gasteiger charge is 2.44. The summed E-state index contributed by atoms with van der Waals surface area (Å²) < 4.78 is 35.8. The van der Waals surface area contributed by atoms with Gasteiger partial charge in [-0.3, -0.25) is 9.52 Å². The summed E-state index contributed by atoms with van der Waals surface area (Å²) in [5.41, 5.74) is 3.82. The van der Waals surface area contributed by atoms with E-state index in [1.165, 1.54) is 11.1 Å². The topological polar surface area (TPSA) is 77.1 Å². The Morgan fingerprint density at radius 1 is 1.12 bits per heavy atom. The molecule has 1 saturated carbocycles. The van der Waals surface area contributed by atoms with Gasteiger partial charge < -0.3 is 19.1 Å². The normalized spacial score (nSPS) is 34.5. The van der Waals surface area contributed by atoms with Crippen molar-refractivity contribution in [2.45, 2.75) is 88.4 Å². The SMILES string of the molecule is C=S1(=O)NC(=O)c2ccc3c(c2)N(C[C@@H]2CC[C@H]2[C@@H](OCCC2CCOCC2)/C=C/C[C@H](C)[C@H]1C)C[C@@]1(CCCc2cc(Cl)ccc21)CO3. The van der Waals surface area contributed by atoms with Gasteiger partial charge in [-0.1, -0.05) is 36.7 Å². The standard InChI is InChI=1S/C40H53ClN2O5S/c1-27-6-4-8-37(47-21-17-29-15-19-46-20-16-29)34-12-9-32(34)24-43-25-40(18-5-7-30-22-33(41)11-13-35(30)40)26-48-38-14-10-31(23-36(38)43)39(44)42-49(3,45)28(27)2/h4,8,10-11,13-14,22-23,27-29,32,34,37H,3,5-7,9,12,15-21,24-26H2,1-2H3,(H,42,44,45)/b8-4+/t27-,28+,32-,34+,37-,40-,49?/m0/s1. The molecule has 49 heavy (non-hydrogen) atoms. The van der Waals surface area contributed by atoms with E-state index in [2.05, 4.69) is 46.7 Å². The molecular weight excluding hydrogens is 656 g/mol. The van der Waals surface area contributed by atoms with Crippen molar-refractivity contribution in [3.8, 4) is 5.75 Å². The van der Waals surface area contributed by atoms with E-state index in [9.17, 15) is 9.00 Å². The first-order valence-corrected chi connectivity index (χ1v) is 20.6. The van der Waals surface area contributed by atoms with E-state index in [0.29, 0.717) is 29.9 Å². The lowest BCUT2D eigenvalue weighted by atomic mass is 9.68. The molecule has 2 fully saturated rings. The van der Waals surface area contributed by atoms with Crippen molar-refractivity contribution < 1.29 is 23.2 Å². The zero-order valence-corrected chi connectivity index (χ0v) is 30.7. The predicted molar refractivity (Wildman–Crippen MR) is 199 cm³/mol. The Labute approximate surface area is 298 Å². The Bertz CT molecular complexity index is 1660. The van der Waals surface area contributed by atoms with Gasteiger partial charge in [-0.15, -0.1) is 0 Å². The fraction of sp³-hybridized carbons (Fsp3) is 0.600. The highest BCUT2D eigenvalue weighted by atomic mass is 35.5. The Hall–Kier alpha value is -2.52. The van der Waals surface area contributed by atoms with Crippen LogP contribution in [-0.4, -0.2) is 66.9 Å². The number of hydrogen-bond donors (Lipinski definition) is 1. The van der Waals surface area contributed by atoms with Crippen LogP contribution >= 0.6 is 11.6 Å². The predicted octanol–water partition coefficient (Wildman–Crippen LogP) is 7.39. The molecule has 3 heterocycles. The molecule has 2 aromatic rings. The lowest BCUT2D eigenvalue weighted by Crippen LogP contribution is -2.49. The summed E-state index contributed by atoms with van der Waals surface area (Å²) in [6.45, 7) is 8.68. The number of halogens is 1. The maximum Gasteiger partial charge on any atom is 0.262 e. The smallest absolute Gasteiger partial charge is 0.262 e. The van der Waals surface area contributed by atoms with Crippen LogP contribution < -0.4 is 14.4 Å². The molecular formula is C40H53ClN2O5S. The Morgan fingerprint density at radius 2 is 1.96 bits per heavy atom. The van der Waals surface area contributed by atoms with Crippen LogP contribution in [0, 0.1) is 23.7 Å². The van der Waals surface area contributed by atoms with Gasteiger partial charge in [0.25, 0.3) is 5.91 Å². The highest BCUT2D eigenvalue weighted by Crippen LogP contribution is 2.47. The second-order valence-corrected chi connectivity index (χ2v) is 18.3. The van der Waals surface area contributed by atoms with Crippen molar-refractivity contribution in [2.24, 2.45) is 23.7 Å². The van der Waals surface area contributed by atoms with Crippen molar-refractivity contribution in [2.75, 3.05) is 44.4 Å². The molecule has 3 aliphatic heterocycles. The van der Waals surface area contributed by atoms with Gasteiger partial charge in [-0.25, -0.2) is 4.21 Å². The lowest BCUT2D eigenvalue weighted by Gasteiger charge is -2.46. The van der Waals surface area contributed by atoms with Crippen molar-refractivity contribution in [3.05, 3.63) is 70.3 Å². The summed E-state index contributed by atoms with van der Waals surface area (Å²) in [6.07, 6.45) is 13.9. The first-order valence-electron chi connectivity index (χ1n) is 18.5. The van der Waals surface area contributed by atoms with Crippen LogP contribution in [0.1, 0.15) is 86.7 Å². The number of anilines is 1. The van der Waals surface area contributed by atoms with Crippen LogP contribution in [0.3, 0.4) is 0 Å². The average Bonchev–Trinajstić information content (AvgIpc) is 3.22. The number of carbonyl (C=O) groups excluding carboxylic acids is 1. The van der Waals surface area contributed by atoms with Crippen LogP contribution in [-0.2, 0) is 31.0 Å². The average molecular weight is 709 g/mol. The summed E-state index contributed by atoms with van der Waals surface area (Å²) in [6, 6.07) is 12.0. The molecule has 1 N–H and O–H groups in total. The lowest BCUT2D eigenvalue weighted by molar-refractivity contribution is -0.0243. The Morgan fingerprint density at radius 3 is 2.76 bits per heavy atom. The molecule has 1 spiro atoms. The molecule has 1 amide bonds. The number of fused-ring (bicyclic) bond motifs is 4. The van der Waals surface area contributed by atoms with Crippen molar-refractivity contribution in [1.29, 1.82) is 0 Å². The van der Waals surface area contributed by atoms with Gasteiger partial charge in [0.05, 0.1) is 28.1 Å². The van der Waals surface area contributed by atoms with Crippen LogP contribution in [0.4, 0.5) is 5.69 Å². The zero-order valence-electron chi connectivity index (χ0n) is 29.2. The third-order valence-corrected chi connectivity index (χ3v) is 14.8. The van der Waals surface area contributed by atoms with Gasteiger partial charge in [0.1, 0.15) is 5.75 Å². The Kier molecular flexibility index (Phi) is 10.4. The molecule has 1 saturated heterocycles. The number of rotatable bonds is 4. The second kappa shape index (κ2) is 14.6. The number of carbonyl (C=O) groups is 1. The number of nitrogens with one attached hydrogen (secondary N) is 1. The van der Waals surface area contributed by atoms with Gasteiger partial charge in [0.2, 0.25) is 0 Å². The number of hydrogen-bond acceptors (Lipinski definition) is 6. The van der Waals surface area contributed by atoms with Crippen LogP contribution in [0.2, 0.25) is 5.02 Å². The zero-order chi connectivity index (χ0) is 34.2. The summed E-state index contributed by atoms with van der Waals surface area (Å²) >= 11 is 6.48. The molecule has 2 bridgehead atoms. The highest BCUT2D eigenvalue weighted by molar-refractivity contribution is 7.99. The van der Waals surface area contributed by atoms with Gasteiger partial charge >= 0.3 is 0 Å². The molecule has 9 heteroatoms. The van der Waals surface area contributed by atoms with E-state index in [0.717, 1.165) is 107 Å². The Balaban J connectivity index is 1.23. The van der Waals surface area contributed by atoms with E-state index in [-0.39, 0.29) is 28.6 Å². The van der Waals surface area contributed by atoms with Gasteiger partial charge in [-0.2, -0.15) is 0 Å². The summed E-state index contributed by atoms with van der Waals surface area (Å²) in [5.74, 6) is 6.03. The van der Waals surface area contributed by atoms with Gasteiger partial charge in [0.15, 0.2) is 0 Å². The summed E-state index contributed by atoms with van der Waals surface area (Å²) in [4.78, 5) is 16.2. The monoisotopic (exact) mass is 708 g/mol. The van der Waals surface area contributed by atoms with Crippen LogP contribution in [0.25, 0.3) is 0 Å². The fourth-order valence-electron chi connectivity index (χ4n) is 8.82. The van der Waals surface area contributed by atoms with Crippen molar-refractivity contribution >= 4 is 38.8 Å². The largest absolute Gasteiger partial charge is 0.490 e. The minimum Gasteiger partial charge on any atom is -0.490 e. The van der Waals surface area contributed by atoms with E-state index in [4.69, 9.17) is 25.8 Å². The first-order chi connectivity index (χ1) is 23.6. The molecule has 7 nitrogen and oxygen atoms in total. The summed E-state index contributed by atoms with van der Waals surface area (Å²) in [5, 5.41) is 0.465. The van der Waals surface area contributed by atoms with Crippen LogP contribution in [0.15, 0.2) is 48.6 Å². The minimum absolute atomic E-state index is 0.0263. The van der Waals surface area contributed by atoms with Crippen molar-refractivity contribution in [3.63, 3.8) is 0 Å². The number of ether oxygens (including phenoxy) is 3. The number of nitrogens with zero attached hydrogens (tertiary/aromatic N) is 1. The number of allylic oxidation sites excluding steroid dienone is 1. The molecule has 7 rings (SSSR count). The molecule has 2 aromatic carbocycles. The molecule has 1 unspecified atom stereocenters. The van der Waals surface area contributed by atoms with E-state index < -0.39 is 9.71 Å². The maximum atomic E-state index is 13.9. The third-order valence-electron chi connectivity index (χ3n) is 12.3. The molecule has 2 aliphatic carbocycles. The third kappa shape index (κ3) is 7.44. The fourth-order valence-corrected chi connectivity index (χ4v) is 10.5. The van der Waals surface area contributed by atoms with Gasteiger partial charge in [-0.05, 0) is 136 Å². The van der Waals surface area contributed by atoms with E-state index in [1.54, 1.807) is 6.07 Å². The minimum atomic E-state index is -2.92. The van der Waals surface area contributed by atoms with Crippen molar-refractivity contribution in [1.82, 2.24) is 4.72 Å². The molecule has 5 aliphatic rings. The second-order valence-electron chi connectivity index (χ2n) is 15.5. The number of benzene rings is 2. The van der Waals surface area contributed by atoms with E-state index in [1.807, 2.05) is 25.1 Å². The quantitative estimate of drug-likeness (QED) is 0.264. The first kappa shape index (κ1) is 34.9. The summed E-state index contributed by atoms with van der Waals surface area (Å²) in [7, 11) is -2.92.